The summed E-state index contributed by atoms with van der Waals surface area (Å²) in [7, 11) is -2.91. The Balaban J connectivity index is 1.54. The van der Waals surface area contributed by atoms with E-state index in [0.29, 0.717) is 32.6 Å². The van der Waals surface area contributed by atoms with E-state index in [2.05, 4.69) is 15.6 Å². The maximum absolute atomic E-state index is 11.9. The molecule has 1 aliphatic carbocycles. The molecule has 4 atom stereocenters. The highest BCUT2D eigenvalue weighted by molar-refractivity contribution is 7.91. The molecule has 2 fully saturated rings. The molecule has 0 spiro atoms. The number of sulfone groups is 1. The van der Waals surface area contributed by atoms with Gasteiger partial charge in [-0.25, -0.2) is 8.42 Å². The summed E-state index contributed by atoms with van der Waals surface area (Å²) in [5.41, 5.74) is 0.733. The topological polar surface area (TPSA) is 138 Å². The van der Waals surface area contributed by atoms with Crippen LogP contribution in [0.5, 0.6) is 0 Å². The molecule has 11 heteroatoms. The zero-order valence-corrected chi connectivity index (χ0v) is 17.0. The summed E-state index contributed by atoms with van der Waals surface area (Å²) in [5, 5.41) is 31.6. The number of carbonyl (C=O) groups is 1. The quantitative estimate of drug-likeness (QED) is 0.505. The van der Waals surface area contributed by atoms with Crippen molar-refractivity contribution in [1.82, 2.24) is 25.2 Å². The van der Waals surface area contributed by atoms with Crippen LogP contribution in [-0.4, -0.2) is 87.3 Å². The summed E-state index contributed by atoms with van der Waals surface area (Å²) in [6.07, 6.45) is 0.283. The second-order valence-electron chi connectivity index (χ2n) is 8.11. The Labute approximate surface area is 164 Å². The molecule has 2 heterocycles. The minimum absolute atomic E-state index is 0.150. The molecule has 10 nitrogen and oxygen atoms in total. The number of rotatable bonds is 6. The van der Waals surface area contributed by atoms with Crippen molar-refractivity contribution in [2.24, 2.45) is 11.8 Å². The van der Waals surface area contributed by atoms with E-state index in [9.17, 15) is 23.4 Å². The number of nitrogens with zero attached hydrogens (tertiary/aromatic N) is 4. The number of hydrogen-bond donors (Lipinski definition) is 3. The van der Waals surface area contributed by atoms with Crippen LogP contribution >= 0.6 is 0 Å². The SMILES string of the molecule is CC(C)C(=O)N[C@@H]1C[C@H](Cn2cc(CN3CCS(=O)(=O)CC3)nn2)[C@@H](O)[C@H]1O. The molecule has 1 saturated carbocycles. The average molecular weight is 416 g/mol. The molecule has 1 amide bonds. The Morgan fingerprint density at radius 1 is 1.29 bits per heavy atom. The first-order valence-electron chi connectivity index (χ1n) is 9.63. The molecule has 3 rings (SSSR count). The average Bonchev–Trinajstić information content (AvgIpc) is 3.17. The van der Waals surface area contributed by atoms with Gasteiger partial charge in [0.1, 0.15) is 6.10 Å². The van der Waals surface area contributed by atoms with Gasteiger partial charge in [0.2, 0.25) is 5.91 Å². The third-order valence-electron chi connectivity index (χ3n) is 5.48. The lowest BCUT2D eigenvalue weighted by Gasteiger charge is -2.25. The Bertz CT molecular complexity index is 782. The van der Waals surface area contributed by atoms with Crippen molar-refractivity contribution >= 4 is 15.7 Å². The smallest absolute Gasteiger partial charge is 0.222 e. The van der Waals surface area contributed by atoms with Gasteiger partial charge in [0.25, 0.3) is 0 Å². The number of amides is 1. The van der Waals surface area contributed by atoms with Gasteiger partial charge in [-0.2, -0.15) is 0 Å². The maximum atomic E-state index is 11.9. The number of carbonyl (C=O) groups excluding carboxylic acids is 1. The molecule has 1 saturated heterocycles. The summed E-state index contributed by atoms with van der Waals surface area (Å²) in [6, 6.07) is -0.479. The van der Waals surface area contributed by atoms with Gasteiger partial charge in [-0.15, -0.1) is 5.10 Å². The first kappa shape index (κ1) is 21.2. The summed E-state index contributed by atoms with van der Waals surface area (Å²) in [5.74, 6) is -0.259. The third kappa shape index (κ3) is 5.07. The highest BCUT2D eigenvalue weighted by Crippen LogP contribution is 2.28. The standard InChI is InChI=1S/C17H29N5O5S/c1-11(2)17(25)18-14-7-12(15(23)16(14)24)8-22-10-13(19-20-22)9-21-3-5-28(26,27)6-4-21/h10-12,14-16,23-24H,3-9H2,1-2H3,(H,18,25)/t12-,14-,15-,16+/m1/s1. The van der Waals surface area contributed by atoms with E-state index in [1.807, 2.05) is 4.90 Å². The maximum Gasteiger partial charge on any atom is 0.222 e. The minimum atomic E-state index is -2.91. The van der Waals surface area contributed by atoms with E-state index in [1.54, 1.807) is 24.7 Å². The number of hydrogen-bond acceptors (Lipinski definition) is 8. The van der Waals surface area contributed by atoms with Gasteiger partial charge >= 0.3 is 0 Å². The summed E-state index contributed by atoms with van der Waals surface area (Å²) in [6.45, 7) is 5.44. The van der Waals surface area contributed by atoms with Crippen molar-refractivity contribution < 1.29 is 23.4 Å². The number of aromatic nitrogens is 3. The van der Waals surface area contributed by atoms with Gasteiger partial charge in [-0.1, -0.05) is 19.1 Å². The Morgan fingerprint density at radius 2 is 1.96 bits per heavy atom. The summed E-state index contributed by atoms with van der Waals surface area (Å²) < 4.78 is 24.6. The van der Waals surface area contributed by atoms with Gasteiger partial charge in [-0.3, -0.25) is 14.4 Å². The molecule has 0 unspecified atom stereocenters. The molecule has 0 radical (unpaired) electrons. The molecule has 28 heavy (non-hydrogen) atoms. The predicted molar refractivity (Wildman–Crippen MR) is 101 cm³/mol. The van der Waals surface area contributed by atoms with E-state index < -0.39 is 28.1 Å². The van der Waals surface area contributed by atoms with Crippen LogP contribution in [0.2, 0.25) is 0 Å². The molecule has 2 aliphatic rings. The van der Waals surface area contributed by atoms with Crippen LogP contribution in [0, 0.1) is 11.8 Å². The molecule has 158 valence electrons. The largest absolute Gasteiger partial charge is 0.390 e. The fourth-order valence-electron chi connectivity index (χ4n) is 3.68. The van der Waals surface area contributed by atoms with Crippen LogP contribution in [0.1, 0.15) is 26.0 Å². The second kappa shape index (κ2) is 8.44. The Hall–Kier alpha value is -1.56. The van der Waals surface area contributed by atoms with Crippen molar-refractivity contribution in [3.63, 3.8) is 0 Å². The van der Waals surface area contributed by atoms with Gasteiger partial charge in [0.15, 0.2) is 9.84 Å². The lowest BCUT2D eigenvalue weighted by Crippen LogP contribution is -2.44. The predicted octanol–water partition coefficient (Wildman–Crippen LogP) is -1.61. The van der Waals surface area contributed by atoms with E-state index in [0.717, 1.165) is 5.69 Å². The first-order chi connectivity index (χ1) is 13.1. The minimum Gasteiger partial charge on any atom is -0.390 e. The van der Waals surface area contributed by atoms with Crippen LogP contribution in [0.25, 0.3) is 0 Å². The molecule has 3 N–H and O–H groups in total. The molecular weight excluding hydrogens is 386 g/mol. The zero-order chi connectivity index (χ0) is 20.5. The second-order valence-corrected chi connectivity index (χ2v) is 10.4. The highest BCUT2D eigenvalue weighted by Gasteiger charge is 2.42. The highest BCUT2D eigenvalue weighted by atomic mass is 32.2. The summed E-state index contributed by atoms with van der Waals surface area (Å²) in [4.78, 5) is 13.9. The molecule has 0 aromatic carbocycles. The van der Waals surface area contributed by atoms with Gasteiger partial charge in [0, 0.05) is 44.2 Å². The van der Waals surface area contributed by atoms with E-state index in [-0.39, 0.29) is 29.2 Å². The Morgan fingerprint density at radius 3 is 2.61 bits per heavy atom. The van der Waals surface area contributed by atoms with Crippen molar-refractivity contribution in [3.8, 4) is 0 Å². The lowest BCUT2D eigenvalue weighted by molar-refractivity contribution is -0.125. The van der Waals surface area contributed by atoms with Crippen LogP contribution in [0.15, 0.2) is 6.20 Å². The van der Waals surface area contributed by atoms with Crippen LogP contribution in [-0.2, 0) is 27.7 Å². The van der Waals surface area contributed by atoms with Gasteiger partial charge in [-0.05, 0) is 6.42 Å². The summed E-state index contributed by atoms with van der Waals surface area (Å²) >= 11 is 0. The van der Waals surface area contributed by atoms with Gasteiger partial charge in [0.05, 0.1) is 29.3 Å². The number of aliphatic hydroxyl groups is 2. The molecule has 0 bridgehead atoms. The van der Waals surface area contributed by atoms with Crippen LogP contribution < -0.4 is 5.32 Å². The normalized spacial score (nSPS) is 30.6. The van der Waals surface area contributed by atoms with E-state index >= 15 is 0 Å². The van der Waals surface area contributed by atoms with E-state index in [1.165, 1.54) is 0 Å². The third-order valence-corrected chi connectivity index (χ3v) is 7.09. The molecular formula is C17H29N5O5S. The van der Waals surface area contributed by atoms with Crippen molar-refractivity contribution in [2.45, 2.75) is 51.6 Å². The number of nitrogens with one attached hydrogen (secondary N) is 1. The molecule has 1 aliphatic heterocycles. The van der Waals surface area contributed by atoms with Crippen molar-refractivity contribution in [3.05, 3.63) is 11.9 Å². The number of aliphatic hydroxyl groups excluding tert-OH is 2. The van der Waals surface area contributed by atoms with Crippen LogP contribution in [0.4, 0.5) is 0 Å². The fourth-order valence-corrected chi connectivity index (χ4v) is 4.95. The first-order valence-corrected chi connectivity index (χ1v) is 11.4. The molecule has 1 aromatic heterocycles. The molecule has 1 aromatic rings. The zero-order valence-electron chi connectivity index (χ0n) is 16.2. The van der Waals surface area contributed by atoms with Crippen molar-refractivity contribution in [1.29, 1.82) is 0 Å². The van der Waals surface area contributed by atoms with Crippen molar-refractivity contribution in [2.75, 3.05) is 24.6 Å². The monoisotopic (exact) mass is 415 g/mol. The van der Waals surface area contributed by atoms with Crippen LogP contribution in [0.3, 0.4) is 0 Å². The fraction of sp³-hybridized carbons (Fsp3) is 0.824. The lowest BCUT2D eigenvalue weighted by atomic mass is 10.1. The van der Waals surface area contributed by atoms with E-state index in [4.69, 9.17) is 0 Å². The van der Waals surface area contributed by atoms with Gasteiger partial charge < -0.3 is 15.5 Å². The Kier molecular flexibility index (Phi) is 6.37.